The summed E-state index contributed by atoms with van der Waals surface area (Å²) < 4.78 is 0. The molecule has 9 nitrogen and oxygen atoms in total. The van der Waals surface area contributed by atoms with Gasteiger partial charge in [-0.3, -0.25) is 34.6 Å². The molecule has 2 fully saturated rings. The number of carbonyl (C=O) groups is 5. The first-order chi connectivity index (χ1) is 17.3. The highest BCUT2D eigenvalue weighted by atomic mass is 32.2. The van der Waals surface area contributed by atoms with Crippen molar-refractivity contribution in [3.8, 4) is 0 Å². The van der Waals surface area contributed by atoms with Gasteiger partial charge >= 0.3 is 0 Å². The van der Waals surface area contributed by atoms with Crippen molar-refractivity contribution in [1.29, 1.82) is 0 Å². The number of anilines is 1. The van der Waals surface area contributed by atoms with Crippen LogP contribution >= 0.6 is 11.8 Å². The zero-order valence-corrected chi connectivity index (χ0v) is 24.9. The highest BCUT2D eigenvalue weighted by molar-refractivity contribution is 8.15. The lowest BCUT2D eigenvalue weighted by atomic mass is 9.76. The van der Waals surface area contributed by atoms with Gasteiger partial charge in [-0.15, -0.1) is 0 Å². The molecule has 0 aliphatic carbocycles. The van der Waals surface area contributed by atoms with E-state index in [1.165, 1.54) is 11.1 Å². The van der Waals surface area contributed by atoms with Crippen LogP contribution in [0.3, 0.4) is 0 Å². The van der Waals surface area contributed by atoms with E-state index in [1.54, 1.807) is 6.20 Å². The zero-order valence-electron chi connectivity index (χ0n) is 24.0. The second kappa shape index (κ2) is 12.0. The molecular formula is C28H42N4O5S. The van der Waals surface area contributed by atoms with E-state index in [0.717, 1.165) is 24.0 Å². The van der Waals surface area contributed by atoms with E-state index in [-0.39, 0.29) is 56.3 Å². The molecular weight excluding hydrogens is 504 g/mol. The number of fused-ring (bicyclic) bond motifs is 1. The van der Waals surface area contributed by atoms with Gasteiger partial charge in [0, 0.05) is 25.0 Å². The summed E-state index contributed by atoms with van der Waals surface area (Å²) in [5.41, 5.74) is 2.41. The number of amides is 5. The van der Waals surface area contributed by atoms with Crippen LogP contribution in [-0.4, -0.2) is 39.1 Å². The van der Waals surface area contributed by atoms with Gasteiger partial charge in [-0.25, -0.2) is 4.98 Å². The smallest absolute Gasteiger partial charge is 0.286 e. The molecule has 4 heterocycles. The van der Waals surface area contributed by atoms with Crippen molar-refractivity contribution in [2.75, 3.05) is 5.32 Å². The maximum atomic E-state index is 11.3. The van der Waals surface area contributed by atoms with E-state index < -0.39 is 0 Å². The molecule has 0 radical (unpaired) electrons. The average Bonchev–Trinajstić information content (AvgIpc) is 3.11. The summed E-state index contributed by atoms with van der Waals surface area (Å²) >= 11 is 1.08. The quantitative estimate of drug-likeness (QED) is 0.400. The van der Waals surface area contributed by atoms with Gasteiger partial charge in [0.25, 0.3) is 5.24 Å². The van der Waals surface area contributed by atoms with Gasteiger partial charge in [-0.1, -0.05) is 74.1 Å². The van der Waals surface area contributed by atoms with Crippen LogP contribution in [0.25, 0.3) is 0 Å². The van der Waals surface area contributed by atoms with Crippen molar-refractivity contribution in [2.24, 2.45) is 16.7 Å². The van der Waals surface area contributed by atoms with E-state index in [4.69, 9.17) is 0 Å². The highest BCUT2D eigenvalue weighted by Crippen LogP contribution is 2.34. The van der Waals surface area contributed by atoms with Gasteiger partial charge in [0.15, 0.2) is 0 Å². The molecule has 0 aromatic carbocycles. The Bertz CT molecular complexity index is 1100. The molecule has 3 aliphatic rings. The summed E-state index contributed by atoms with van der Waals surface area (Å²) in [5.74, 6) is 0.390. The fourth-order valence-corrected chi connectivity index (χ4v) is 5.33. The number of rotatable bonds is 0. The van der Waals surface area contributed by atoms with E-state index in [0.29, 0.717) is 19.3 Å². The number of hydrogen-bond donors (Lipinski definition) is 3. The summed E-state index contributed by atoms with van der Waals surface area (Å²) in [6.45, 7) is 18.4. The first kappa shape index (κ1) is 31.5. The molecule has 10 heteroatoms. The lowest BCUT2D eigenvalue weighted by Crippen LogP contribution is -2.45. The number of piperidine rings is 1. The van der Waals surface area contributed by atoms with Crippen LogP contribution in [0.4, 0.5) is 10.6 Å². The fraction of sp³-hybridized carbons (Fsp3) is 0.643. The van der Waals surface area contributed by atoms with Gasteiger partial charge in [0.2, 0.25) is 23.6 Å². The predicted molar refractivity (Wildman–Crippen MR) is 150 cm³/mol. The molecule has 210 valence electrons. The molecule has 3 aliphatic heterocycles. The van der Waals surface area contributed by atoms with E-state index in [9.17, 15) is 24.0 Å². The number of carbonyl (C=O) groups excluding carboxylic acids is 5. The zero-order chi connectivity index (χ0) is 29.1. The third kappa shape index (κ3) is 8.64. The Morgan fingerprint density at radius 3 is 1.82 bits per heavy atom. The van der Waals surface area contributed by atoms with Crippen molar-refractivity contribution < 1.29 is 24.0 Å². The van der Waals surface area contributed by atoms with Crippen molar-refractivity contribution in [3.63, 3.8) is 0 Å². The Hall–Kier alpha value is -2.75. The minimum absolute atomic E-state index is 0.0183. The van der Waals surface area contributed by atoms with Crippen molar-refractivity contribution in [2.45, 2.75) is 98.7 Å². The molecule has 2 saturated heterocycles. The summed E-state index contributed by atoms with van der Waals surface area (Å²) in [6, 6.07) is 2.05. The third-order valence-corrected chi connectivity index (χ3v) is 7.96. The second-order valence-corrected chi connectivity index (χ2v) is 14.1. The van der Waals surface area contributed by atoms with Crippen LogP contribution in [0.1, 0.15) is 92.7 Å². The molecule has 1 aromatic rings. The first-order valence-corrected chi connectivity index (χ1v) is 13.8. The predicted octanol–water partition coefficient (Wildman–Crippen LogP) is 4.73. The minimum atomic E-state index is -0.227. The largest absolute Gasteiger partial charge is 0.310 e. The normalized spacial score (nSPS) is 21.7. The first-order valence-electron chi connectivity index (χ1n) is 12.9. The number of thioether (sulfide) groups is 1. The monoisotopic (exact) mass is 546 g/mol. The van der Waals surface area contributed by atoms with E-state index >= 15 is 0 Å². The van der Waals surface area contributed by atoms with Gasteiger partial charge in [-0.2, -0.15) is 0 Å². The van der Waals surface area contributed by atoms with Crippen LogP contribution < -0.4 is 16.0 Å². The van der Waals surface area contributed by atoms with Crippen LogP contribution in [0.2, 0.25) is 0 Å². The number of pyridine rings is 1. The maximum absolute atomic E-state index is 11.3. The maximum Gasteiger partial charge on any atom is 0.286 e. The molecule has 4 rings (SSSR count). The van der Waals surface area contributed by atoms with Gasteiger partial charge in [-0.05, 0) is 46.3 Å². The summed E-state index contributed by atoms with van der Waals surface area (Å²) in [6.07, 6.45) is 4.32. The summed E-state index contributed by atoms with van der Waals surface area (Å²) in [5, 5.41) is 6.99. The second-order valence-electron chi connectivity index (χ2n) is 13.0. The lowest BCUT2D eigenvalue weighted by Gasteiger charge is -2.31. The fourth-order valence-electron chi connectivity index (χ4n) is 4.44. The molecule has 0 spiro atoms. The molecule has 2 unspecified atom stereocenters. The summed E-state index contributed by atoms with van der Waals surface area (Å²) in [4.78, 5) is 59.4. The number of nitrogens with zero attached hydrogens (tertiary/aromatic N) is 1. The minimum Gasteiger partial charge on any atom is -0.310 e. The van der Waals surface area contributed by atoms with Gasteiger partial charge in [0.1, 0.15) is 5.82 Å². The van der Waals surface area contributed by atoms with Crippen molar-refractivity contribution in [3.05, 3.63) is 23.4 Å². The van der Waals surface area contributed by atoms with Crippen LogP contribution in [-0.2, 0) is 31.0 Å². The molecule has 5 amide bonds. The lowest BCUT2D eigenvalue weighted by molar-refractivity contribution is -0.139. The number of nitrogens with one attached hydrogen (secondary N) is 3. The molecule has 2 atom stereocenters. The Labute approximate surface area is 230 Å². The Kier molecular flexibility index (Phi) is 9.91. The standard InChI is InChI=1S/C12H16N2O.C9H15NO2.C7H11NO2S/c1-12(2,3)9-6-7-13-11-8(9)4-5-10(15)14-11;1-9(2,3)6-4-5-7(11)10-8(6)12;1-7(2,3)4-5(9)8-6(10)11-4/h6-7H,4-5H2,1-3H3,(H,13,14,15);6H,4-5H2,1-3H3,(H,10,11,12);4H,1-3H3,(H,8,9,10). The highest BCUT2D eigenvalue weighted by Gasteiger charge is 2.40. The molecule has 3 N–H and O–H groups in total. The summed E-state index contributed by atoms with van der Waals surface area (Å²) in [7, 11) is 0. The average molecular weight is 547 g/mol. The van der Waals surface area contributed by atoms with E-state index in [2.05, 4.69) is 47.8 Å². The number of imide groups is 2. The van der Waals surface area contributed by atoms with Crippen LogP contribution in [0, 0.1) is 16.7 Å². The van der Waals surface area contributed by atoms with Gasteiger partial charge < -0.3 is 5.32 Å². The number of hydrogen-bond acceptors (Lipinski definition) is 7. The Morgan fingerprint density at radius 1 is 0.763 bits per heavy atom. The van der Waals surface area contributed by atoms with Crippen LogP contribution in [0.5, 0.6) is 0 Å². The molecule has 0 bridgehead atoms. The Balaban J connectivity index is 0.000000203. The third-order valence-electron chi connectivity index (χ3n) is 6.48. The topological polar surface area (TPSA) is 134 Å². The van der Waals surface area contributed by atoms with Crippen molar-refractivity contribution in [1.82, 2.24) is 15.6 Å². The van der Waals surface area contributed by atoms with Crippen LogP contribution in [0.15, 0.2) is 12.3 Å². The molecule has 38 heavy (non-hydrogen) atoms. The van der Waals surface area contributed by atoms with Gasteiger partial charge in [0.05, 0.1) is 5.25 Å². The van der Waals surface area contributed by atoms with Crippen molar-refractivity contribution >= 4 is 46.4 Å². The SMILES string of the molecule is CC(C)(C)C1CCC(=O)NC1=O.CC(C)(C)C1SC(=O)NC1=O.CC(C)(C)c1ccnc2c1CCC(=O)N2. The molecule has 1 aromatic heterocycles. The number of aromatic nitrogens is 1. The van der Waals surface area contributed by atoms with E-state index in [1.807, 2.05) is 41.5 Å². The molecule has 0 saturated carbocycles. The Morgan fingerprint density at radius 2 is 1.37 bits per heavy atom.